The van der Waals surface area contributed by atoms with Crippen LogP contribution in [-0.2, 0) is 23.9 Å². The summed E-state index contributed by atoms with van der Waals surface area (Å²) in [5.41, 5.74) is 10.5. The van der Waals surface area contributed by atoms with E-state index >= 15 is 4.39 Å². The molecule has 4 atom stereocenters. The highest BCUT2D eigenvalue weighted by Crippen LogP contribution is 2.30. The number of hydrogen-bond acceptors (Lipinski definition) is 7. The number of alkyl halides is 1. The number of guanidine groups is 1. The van der Waals surface area contributed by atoms with Crippen molar-refractivity contribution in [2.45, 2.75) is 135 Å². The third-order valence-corrected chi connectivity index (χ3v) is 6.69. The van der Waals surface area contributed by atoms with Crippen LogP contribution in [0.25, 0.3) is 0 Å². The van der Waals surface area contributed by atoms with Crippen molar-refractivity contribution in [1.29, 1.82) is 0 Å². The number of nitrogens with one attached hydrogen (secondary N) is 1. The average molecular weight is 573 g/mol. The number of unbranched alkanes of at least 4 members (excludes halogenated alkanes) is 12. The lowest BCUT2D eigenvalue weighted by Crippen LogP contribution is -2.49. The molecular weight excluding hydrogens is 523 g/mol. The van der Waals surface area contributed by atoms with E-state index in [9.17, 15) is 24.6 Å². The molecule has 7 N–H and O–H groups in total. The van der Waals surface area contributed by atoms with Gasteiger partial charge in [0.1, 0.15) is 18.8 Å². The van der Waals surface area contributed by atoms with Crippen molar-refractivity contribution < 1.29 is 38.5 Å². The molecule has 11 nitrogen and oxygen atoms in total. The van der Waals surface area contributed by atoms with Crippen LogP contribution in [0.2, 0.25) is 0 Å². The van der Waals surface area contributed by atoms with E-state index in [1.807, 2.05) is 0 Å². The Labute approximate surface area is 236 Å². The summed E-state index contributed by atoms with van der Waals surface area (Å²) in [4.78, 5) is 39.1. The monoisotopic (exact) mass is 572 g/mol. The summed E-state index contributed by atoms with van der Waals surface area (Å²) in [6.45, 7) is 2.71. The van der Waals surface area contributed by atoms with E-state index < -0.39 is 54.9 Å². The predicted molar refractivity (Wildman–Crippen MR) is 150 cm³/mol. The van der Waals surface area contributed by atoms with Gasteiger partial charge in [0.2, 0.25) is 5.91 Å². The molecule has 1 aliphatic rings. The van der Waals surface area contributed by atoms with E-state index in [-0.39, 0.29) is 24.2 Å². The van der Waals surface area contributed by atoms with Gasteiger partial charge in [-0.2, -0.15) is 0 Å². The van der Waals surface area contributed by atoms with Crippen LogP contribution in [0, 0.1) is 0 Å². The molecule has 0 bridgehead atoms. The van der Waals surface area contributed by atoms with Crippen molar-refractivity contribution in [3.8, 4) is 0 Å². The number of nitrogens with zero attached hydrogens (tertiary/aromatic N) is 1. The number of ether oxygens (including phenoxy) is 2. The summed E-state index contributed by atoms with van der Waals surface area (Å²) < 4.78 is 25.6. The van der Waals surface area contributed by atoms with E-state index in [2.05, 4.69) is 17.2 Å². The van der Waals surface area contributed by atoms with Crippen LogP contribution in [0.15, 0.2) is 16.4 Å². The third-order valence-electron chi connectivity index (χ3n) is 6.69. The van der Waals surface area contributed by atoms with Gasteiger partial charge in [0.25, 0.3) is 0 Å². The summed E-state index contributed by atoms with van der Waals surface area (Å²) in [6.07, 6.45) is 7.73. The molecule has 0 aromatic rings. The molecule has 0 fully saturated rings. The Morgan fingerprint density at radius 1 is 1.02 bits per heavy atom. The molecule has 1 amide bonds. The molecule has 40 heavy (non-hydrogen) atoms. The highest BCUT2D eigenvalue weighted by molar-refractivity contribution is 5.79. The van der Waals surface area contributed by atoms with Gasteiger partial charge in [0.05, 0.1) is 11.4 Å². The first-order chi connectivity index (χ1) is 19.1. The number of carbonyl (C=O) groups is 3. The van der Waals surface area contributed by atoms with Crippen molar-refractivity contribution in [2.75, 3.05) is 6.61 Å². The van der Waals surface area contributed by atoms with Crippen molar-refractivity contribution in [3.63, 3.8) is 0 Å². The van der Waals surface area contributed by atoms with Gasteiger partial charge >= 0.3 is 11.9 Å². The number of hydrogen-bond donors (Lipinski definition) is 5. The van der Waals surface area contributed by atoms with Crippen LogP contribution in [0.4, 0.5) is 4.39 Å². The minimum absolute atomic E-state index is 0.0897. The van der Waals surface area contributed by atoms with Gasteiger partial charge in [-0.05, 0) is 6.42 Å². The normalized spacial score (nSPS) is 18.6. The molecule has 0 spiro atoms. The summed E-state index contributed by atoms with van der Waals surface area (Å²) >= 11 is 0. The standard InChI is InChI=1S/C28H49FN4O7/c1-3-4-5-6-7-8-9-10-11-12-13-14-15-16-23(36)39-18-21(35)24(29)26-25(32-19(2)34)20(33-28(30)31)17-22(40-26)27(37)38/h21-22,24,26,35H,3-18H2,1-2H3,(H,32,34)(H,37,38)(H4,30,31,33)/t21-,22?,24?,26?/m0/s1. The highest BCUT2D eigenvalue weighted by Gasteiger charge is 2.42. The fourth-order valence-electron chi connectivity index (χ4n) is 4.55. The Bertz CT molecular complexity index is 849. The Morgan fingerprint density at radius 2 is 1.55 bits per heavy atom. The first-order valence-corrected chi connectivity index (χ1v) is 14.5. The number of aliphatic hydroxyl groups excluding tert-OH is 1. The number of carboxylic acid groups (broad SMARTS) is 1. The molecule has 1 rings (SSSR count). The largest absolute Gasteiger partial charge is 0.479 e. The molecule has 12 heteroatoms. The third kappa shape index (κ3) is 14.6. The van der Waals surface area contributed by atoms with Crippen molar-refractivity contribution in [3.05, 3.63) is 11.4 Å². The zero-order chi connectivity index (χ0) is 29.9. The van der Waals surface area contributed by atoms with Crippen LogP contribution in [-0.4, -0.2) is 65.1 Å². The molecule has 3 unspecified atom stereocenters. The van der Waals surface area contributed by atoms with E-state index in [1.165, 1.54) is 57.8 Å². The highest BCUT2D eigenvalue weighted by atomic mass is 19.1. The Balaban J connectivity index is 2.43. The Morgan fingerprint density at radius 3 is 2.02 bits per heavy atom. The zero-order valence-electron chi connectivity index (χ0n) is 24.0. The quantitative estimate of drug-likeness (QED) is 0.0593. The minimum atomic E-state index is -2.25. The first-order valence-electron chi connectivity index (χ1n) is 14.5. The number of esters is 1. The number of aliphatic carboxylic acids is 1. The van der Waals surface area contributed by atoms with E-state index in [4.69, 9.17) is 20.9 Å². The van der Waals surface area contributed by atoms with Crippen molar-refractivity contribution >= 4 is 23.8 Å². The lowest BCUT2D eigenvalue weighted by molar-refractivity contribution is -0.161. The van der Waals surface area contributed by atoms with Gasteiger partial charge in [-0.15, -0.1) is 0 Å². The Hall–Kier alpha value is -2.73. The predicted octanol–water partition coefficient (Wildman–Crippen LogP) is 3.57. The molecule has 0 radical (unpaired) electrons. The number of carboxylic acids is 1. The SMILES string of the molecule is CCCCCCCCCCCCCCCC(=O)OC[C@H](O)C(F)C1OC(C(=O)O)CC(N=C(N)N)=C1NC(C)=O. The second-order valence-corrected chi connectivity index (χ2v) is 10.4. The van der Waals surface area contributed by atoms with Gasteiger partial charge < -0.3 is 36.5 Å². The van der Waals surface area contributed by atoms with E-state index in [1.54, 1.807) is 0 Å². The summed E-state index contributed by atoms with van der Waals surface area (Å²) in [5.74, 6) is -3.01. The summed E-state index contributed by atoms with van der Waals surface area (Å²) in [7, 11) is 0. The van der Waals surface area contributed by atoms with Crippen LogP contribution in [0.1, 0.15) is 110 Å². The van der Waals surface area contributed by atoms with Gasteiger partial charge in [-0.1, -0.05) is 84.0 Å². The first kappa shape index (κ1) is 35.3. The molecular formula is C28H49FN4O7. The van der Waals surface area contributed by atoms with Crippen molar-refractivity contribution in [1.82, 2.24) is 5.32 Å². The maximum absolute atomic E-state index is 15.3. The molecule has 1 heterocycles. The van der Waals surface area contributed by atoms with Gasteiger partial charge in [-0.3, -0.25) is 9.59 Å². The molecule has 0 aromatic carbocycles. The number of halogens is 1. The van der Waals surface area contributed by atoms with Gasteiger partial charge in [0, 0.05) is 19.8 Å². The molecule has 1 aliphatic heterocycles. The second kappa shape index (κ2) is 20.2. The summed E-state index contributed by atoms with van der Waals surface area (Å²) in [6, 6.07) is 0. The fraction of sp³-hybridized carbons (Fsp3) is 0.786. The number of aliphatic hydroxyl groups is 1. The molecule has 0 saturated carbocycles. The number of aliphatic imine (C=N–C) groups is 1. The number of amides is 1. The average Bonchev–Trinajstić information content (AvgIpc) is 2.89. The van der Waals surface area contributed by atoms with Gasteiger partial charge in [0.15, 0.2) is 18.2 Å². The maximum Gasteiger partial charge on any atom is 0.333 e. The summed E-state index contributed by atoms with van der Waals surface area (Å²) in [5, 5.41) is 22.1. The van der Waals surface area contributed by atoms with Crippen LogP contribution in [0.5, 0.6) is 0 Å². The van der Waals surface area contributed by atoms with Crippen LogP contribution in [0.3, 0.4) is 0 Å². The lowest BCUT2D eigenvalue weighted by Gasteiger charge is -2.34. The maximum atomic E-state index is 15.3. The van der Waals surface area contributed by atoms with Crippen molar-refractivity contribution in [2.24, 2.45) is 16.5 Å². The van der Waals surface area contributed by atoms with E-state index in [0.717, 1.165) is 26.2 Å². The second-order valence-electron chi connectivity index (χ2n) is 10.4. The van der Waals surface area contributed by atoms with Crippen LogP contribution < -0.4 is 16.8 Å². The number of carbonyl (C=O) groups excluding carboxylic acids is 2. The fourth-order valence-corrected chi connectivity index (χ4v) is 4.55. The number of rotatable bonds is 21. The minimum Gasteiger partial charge on any atom is -0.479 e. The topological polar surface area (TPSA) is 187 Å². The van der Waals surface area contributed by atoms with Crippen LogP contribution >= 0.6 is 0 Å². The lowest BCUT2D eigenvalue weighted by atomic mass is 9.98. The smallest absolute Gasteiger partial charge is 0.333 e. The van der Waals surface area contributed by atoms with E-state index in [0.29, 0.717) is 6.42 Å². The Kier molecular flexibility index (Phi) is 17.8. The molecule has 0 aromatic heterocycles. The molecule has 230 valence electrons. The zero-order valence-corrected chi connectivity index (χ0v) is 24.0. The molecule has 0 aliphatic carbocycles. The van der Waals surface area contributed by atoms with Gasteiger partial charge in [-0.25, -0.2) is 14.2 Å². The molecule has 0 saturated heterocycles. The number of nitrogens with two attached hydrogens (primary N) is 2.